The third-order valence-electron chi connectivity index (χ3n) is 2.89. The molecule has 1 aromatic carbocycles. The zero-order chi connectivity index (χ0) is 15.7. The number of nitro groups is 1. The Kier molecular flexibility index (Phi) is 6.86. The van der Waals surface area contributed by atoms with Gasteiger partial charge in [-0.1, -0.05) is 32.3 Å². The second kappa shape index (κ2) is 8.68. The van der Waals surface area contributed by atoms with Crippen molar-refractivity contribution in [3.63, 3.8) is 0 Å². The predicted octanol–water partition coefficient (Wildman–Crippen LogP) is 2.33. The second-order valence-corrected chi connectivity index (χ2v) is 4.62. The van der Waals surface area contributed by atoms with E-state index in [0.29, 0.717) is 6.42 Å². The van der Waals surface area contributed by atoms with Crippen molar-refractivity contribution < 1.29 is 14.5 Å². The standard InChI is InChI=1S/C14H19N3O4/c1-2-3-4-5-9-13(18)15-16-14(19)11-7-6-8-12(10-11)17(20)21/h6-8,10H,2-5,9H2,1H3,(H,15,18)(H,16,19). The molecule has 0 unspecified atom stereocenters. The maximum Gasteiger partial charge on any atom is 0.270 e. The molecule has 0 saturated carbocycles. The summed E-state index contributed by atoms with van der Waals surface area (Å²) in [5, 5.41) is 10.6. The van der Waals surface area contributed by atoms with Crippen LogP contribution in [0.5, 0.6) is 0 Å². The minimum absolute atomic E-state index is 0.121. The summed E-state index contributed by atoms with van der Waals surface area (Å²) in [4.78, 5) is 33.3. The number of amides is 2. The summed E-state index contributed by atoms with van der Waals surface area (Å²) in [6, 6.07) is 5.31. The van der Waals surface area contributed by atoms with Gasteiger partial charge < -0.3 is 0 Å². The number of carbonyl (C=O) groups is 2. The van der Waals surface area contributed by atoms with Crippen molar-refractivity contribution in [2.24, 2.45) is 0 Å². The van der Waals surface area contributed by atoms with Crippen LogP contribution in [0, 0.1) is 10.1 Å². The van der Waals surface area contributed by atoms with Crippen LogP contribution in [-0.4, -0.2) is 16.7 Å². The van der Waals surface area contributed by atoms with Gasteiger partial charge in [-0.3, -0.25) is 30.6 Å². The molecule has 2 N–H and O–H groups in total. The highest BCUT2D eigenvalue weighted by Crippen LogP contribution is 2.12. The van der Waals surface area contributed by atoms with E-state index in [1.54, 1.807) is 0 Å². The highest BCUT2D eigenvalue weighted by atomic mass is 16.6. The number of benzene rings is 1. The van der Waals surface area contributed by atoms with Crippen LogP contribution in [-0.2, 0) is 4.79 Å². The molecule has 7 heteroatoms. The predicted molar refractivity (Wildman–Crippen MR) is 77.5 cm³/mol. The first kappa shape index (κ1) is 16.6. The topological polar surface area (TPSA) is 101 Å². The fourth-order valence-corrected chi connectivity index (χ4v) is 1.73. The quantitative estimate of drug-likeness (QED) is 0.457. The fourth-order valence-electron chi connectivity index (χ4n) is 1.73. The van der Waals surface area contributed by atoms with Gasteiger partial charge in [-0.15, -0.1) is 0 Å². The maximum atomic E-state index is 11.8. The number of rotatable bonds is 7. The molecule has 0 atom stereocenters. The van der Waals surface area contributed by atoms with Crippen LogP contribution in [0.3, 0.4) is 0 Å². The molecule has 0 bridgehead atoms. The minimum Gasteiger partial charge on any atom is -0.273 e. The second-order valence-electron chi connectivity index (χ2n) is 4.62. The number of non-ortho nitro benzene ring substituents is 1. The molecule has 0 aliphatic carbocycles. The Labute approximate surface area is 122 Å². The van der Waals surface area contributed by atoms with Gasteiger partial charge in [0.05, 0.1) is 4.92 Å². The molecule has 0 aliphatic rings. The molecule has 21 heavy (non-hydrogen) atoms. The molecule has 0 radical (unpaired) electrons. The number of carbonyl (C=O) groups excluding carboxylic acids is 2. The van der Waals surface area contributed by atoms with Crippen molar-refractivity contribution >= 4 is 17.5 Å². The van der Waals surface area contributed by atoms with E-state index >= 15 is 0 Å². The van der Waals surface area contributed by atoms with Crippen molar-refractivity contribution in [1.82, 2.24) is 10.9 Å². The van der Waals surface area contributed by atoms with Crippen molar-refractivity contribution in [2.45, 2.75) is 39.0 Å². The van der Waals surface area contributed by atoms with Crippen molar-refractivity contribution in [1.29, 1.82) is 0 Å². The summed E-state index contributed by atoms with van der Waals surface area (Å²) in [7, 11) is 0. The minimum atomic E-state index is -0.583. The van der Waals surface area contributed by atoms with Gasteiger partial charge in [0.15, 0.2) is 0 Å². The maximum absolute atomic E-state index is 11.8. The Bertz CT molecular complexity index is 517. The van der Waals surface area contributed by atoms with E-state index in [-0.39, 0.29) is 17.2 Å². The number of hydrogen-bond acceptors (Lipinski definition) is 4. The van der Waals surface area contributed by atoms with E-state index in [0.717, 1.165) is 31.7 Å². The Hall–Kier alpha value is -2.44. The van der Waals surface area contributed by atoms with E-state index in [9.17, 15) is 19.7 Å². The molecular formula is C14H19N3O4. The number of nitrogens with one attached hydrogen (secondary N) is 2. The lowest BCUT2D eigenvalue weighted by Gasteiger charge is -2.07. The lowest BCUT2D eigenvalue weighted by Crippen LogP contribution is -2.41. The third kappa shape index (κ3) is 6.03. The summed E-state index contributed by atoms with van der Waals surface area (Å²) < 4.78 is 0. The number of unbranched alkanes of at least 4 members (excludes halogenated alkanes) is 3. The van der Waals surface area contributed by atoms with Gasteiger partial charge >= 0.3 is 0 Å². The number of nitro benzene ring substituents is 1. The van der Waals surface area contributed by atoms with Crippen molar-refractivity contribution in [2.75, 3.05) is 0 Å². The van der Waals surface area contributed by atoms with Crippen LogP contribution in [0.15, 0.2) is 24.3 Å². The molecule has 0 fully saturated rings. The zero-order valence-corrected chi connectivity index (χ0v) is 11.9. The van der Waals surface area contributed by atoms with Gasteiger partial charge in [-0.05, 0) is 12.5 Å². The Morgan fingerprint density at radius 1 is 1.19 bits per heavy atom. The van der Waals surface area contributed by atoms with Gasteiger partial charge in [-0.25, -0.2) is 0 Å². The largest absolute Gasteiger partial charge is 0.273 e. The summed E-state index contributed by atoms with van der Waals surface area (Å²) in [5.41, 5.74) is 4.49. The first-order valence-corrected chi connectivity index (χ1v) is 6.88. The van der Waals surface area contributed by atoms with Crippen LogP contribution in [0.1, 0.15) is 49.4 Å². The van der Waals surface area contributed by atoms with Gasteiger partial charge in [-0.2, -0.15) is 0 Å². The average molecular weight is 293 g/mol. The van der Waals surface area contributed by atoms with Crippen molar-refractivity contribution in [3.05, 3.63) is 39.9 Å². The molecule has 0 heterocycles. The Balaban J connectivity index is 2.41. The lowest BCUT2D eigenvalue weighted by molar-refractivity contribution is -0.384. The van der Waals surface area contributed by atoms with E-state index in [4.69, 9.17) is 0 Å². The molecule has 0 aliphatic heterocycles. The summed E-state index contributed by atoms with van der Waals surface area (Å²) in [6.07, 6.45) is 4.25. The van der Waals surface area contributed by atoms with Crippen LogP contribution in [0.4, 0.5) is 5.69 Å². The van der Waals surface area contributed by atoms with E-state index in [1.165, 1.54) is 18.2 Å². The number of nitrogens with zero attached hydrogens (tertiary/aromatic N) is 1. The summed E-state index contributed by atoms with van der Waals surface area (Å²) >= 11 is 0. The highest BCUT2D eigenvalue weighted by Gasteiger charge is 2.11. The average Bonchev–Trinajstić information content (AvgIpc) is 2.49. The monoisotopic (exact) mass is 293 g/mol. The summed E-state index contributed by atoms with van der Waals surface area (Å²) in [5.74, 6) is -0.856. The lowest BCUT2D eigenvalue weighted by atomic mass is 10.1. The molecular weight excluding hydrogens is 274 g/mol. The first-order chi connectivity index (χ1) is 10.0. The summed E-state index contributed by atoms with van der Waals surface area (Å²) in [6.45, 7) is 2.08. The molecule has 0 saturated heterocycles. The number of hydrazine groups is 1. The van der Waals surface area contributed by atoms with Gasteiger partial charge in [0, 0.05) is 24.1 Å². The van der Waals surface area contributed by atoms with Crippen LogP contribution >= 0.6 is 0 Å². The van der Waals surface area contributed by atoms with Gasteiger partial charge in [0.2, 0.25) is 5.91 Å². The zero-order valence-electron chi connectivity index (χ0n) is 11.9. The SMILES string of the molecule is CCCCCCC(=O)NNC(=O)c1cccc([N+](=O)[O-])c1. The first-order valence-electron chi connectivity index (χ1n) is 6.88. The molecule has 1 aromatic rings. The normalized spacial score (nSPS) is 9.95. The van der Waals surface area contributed by atoms with Crippen molar-refractivity contribution in [3.8, 4) is 0 Å². The van der Waals surface area contributed by atoms with E-state index < -0.39 is 10.8 Å². The molecule has 1 rings (SSSR count). The molecule has 114 valence electrons. The van der Waals surface area contributed by atoms with Crippen LogP contribution < -0.4 is 10.9 Å². The Morgan fingerprint density at radius 3 is 2.62 bits per heavy atom. The van der Waals surface area contributed by atoms with E-state index in [2.05, 4.69) is 17.8 Å². The number of hydrogen-bond donors (Lipinski definition) is 2. The van der Waals surface area contributed by atoms with Crippen LogP contribution in [0.2, 0.25) is 0 Å². The smallest absolute Gasteiger partial charge is 0.270 e. The molecule has 7 nitrogen and oxygen atoms in total. The molecule has 0 aromatic heterocycles. The molecule has 2 amide bonds. The van der Waals surface area contributed by atoms with Gasteiger partial charge in [0.25, 0.3) is 11.6 Å². The van der Waals surface area contributed by atoms with Crippen LogP contribution in [0.25, 0.3) is 0 Å². The highest BCUT2D eigenvalue weighted by molar-refractivity contribution is 5.95. The molecule has 0 spiro atoms. The van der Waals surface area contributed by atoms with E-state index in [1.807, 2.05) is 0 Å². The van der Waals surface area contributed by atoms with Gasteiger partial charge in [0.1, 0.15) is 0 Å². The fraction of sp³-hybridized carbons (Fsp3) is 0.429. The Morgan fingerprint density at radius 2 is 1.95 bits per heavy atom. The third-order valence-corrected chi connectivity index (χ3v) is 2.89.